The van der Waals surface area contributed by atoms with Crippen LogP contribution < -0.4 is 11.1 Å². The summed E-state index contributed by atoms with van der Waals surface area (Å²) >= 11 is 12.0. The van der Waals surface area contributed by atoms with Crippen LogP contribution in [0.1, 0.15) is 0 Å². The third-order valence-electron chi connectivity index (χ3n) is 2.88. The fraction of sp³-hybridized carbons (Fsp3) is 0. The fourth-order valence-corrected chi connectivity index (χ4v) is 2.47. The molecule has 3 aromatic rings. The molecule has 0 bridgehead atoms. The van der Waals surface area contributed by atoms with Crippen LogP contribution in [0.3, 0.4) is 0 Å². The zero-order valence-electron chi connectivity index (χ0n) is 10.0. The first kappa shape index (κ1) is 13.0. The molecule has 0 spiro atoms. The number of anilines is 3. The Morgan fingerprint density at radius 3 is 2.55 bits per heavy atom. The van der Waals surface area contributed by atoms with Crippen molar-refractivity contribution in [2.75, 3.05) is 11.1 Å². The second kappa shape index (κ2) is 4.85. The number of nitrogens with one attached hydrogen (secondary N) is 2. The van der Waals surface area contributed by atoms with Gasteiger partial charge in [-0.05, 0) is 24.3 Å². The smallest absolute Gasteiger partial charge is 0.126 e. The number of nitrogens with two attached hydrogens (primary N) is 1. The van der Waals surface area contributed by atoms with Gasteiger partial charge in [-0.15, -0.1) is 0 Å². The van der Waals surface area contributed by atoms with Gasteiger partial charge in [-0.2, -0.15) is 5.10 Å². The summed E-state index contributed by atoms with van der Waals surface area (Å²) in [6.07, 6.45) is 1.67. The summed E-state index contributed by atoms with van der Waals surface area (Å²) < 4.78 is 13.2. The molecular formula is C13H9Cl2FN4. The minimum absolute atomic E-state index is 0.180. The molecule has 4 nitrogen and oxygen atoms in total. The molecule has 2 aromatic carbocycles. The Morgan fingerprint density at radius 2 is 1.85 bits per heavy atom. The minimum Gasteiger partial charge on any atom is -0.397 e. The first-order valence-corrected chi connectivity index (χ1v) is 6.44. The van der Waals surface area contributed by atoms with E-state index in [2.05, 4.69) is 15.5 Å². The average Bonchev–Trinajstić information content (AvgIpc) is 2.80. The molecule has 1 heterocycles. The van der Waals surface area contributed by atoms with E-state index in [-0.39, 0.29) is 10.0 Å². The zero-order chi connectivity index (χ0) is 14.3. The number of rotatable bonds is 2. The van der Waals surface area contributed by atoms with Crippen molar-refractivity contribution in [3.05, 3.63) is 46.3 Å². The van der Waals surface area contributed by atoms with Crippen molar-refractivity contribution in [1.29, 1.82) is 0 Å². The monoisotopic (exact) mass is 310 g/mol. The van der Waals surface area contributed by atoms with Crippen molar-refractivity contribution in [3.8, 4) is 0 Å². The van der Waals surface area contributed by atoms with E-state index >= 15 is 0 Å². The normalized spacial score (nSPS) is 10.9. The fourth-order valence-electron chi connectivity index (χ4n) is 1.91. The Kier molecular flexibility index (Phi) is 3.16. The van der Waals surface area contributed by atoms with Crippen LogP contribution >= 0.6 is 23.2 Å². The Bertz CT molecular complexity index is 777. The SMILES string of the molecule is Nc1cc2cn[nH]c2cc1Nc1c(Cl)cc(F)cc1Cl. The molecule has 0 amide bonds. The highest BCUT2D eigenvalue weighted by Crippen LogP contribution is 2.36. The summed E-state index contributed by atoms with van der Waals surface area (Å²) in [6, 6.07) is 5.92. The summed E-state index contributed by atoms with van der Waals surface area (Å²) in [5, 5.41) is 11.0. The molecule has 1 aromatic heterocycles. The lowest BCUT2D eigenvalue weighted by Gasteiger charge is -2.12. The Morgan fingerprint density at radius 1 is 1.15 bits per heavy atom. The number of hydrogen-bond donors (Lipinski definition) is 3. The Hall–Kier alpha value is -1.98. The van der Waals surface area contributed by atoms with Gasteiger partial charge in [-0.25, -0.2) is 4.39 Å². The van der Waals surface area contributed by atoms with Gasteiger partial charge in [0.1, 0.15) is 5.82 Å². The van der Waals surface area contributed by atoms with E-state index in [4.69, 9.17) is 28.9 Å². The van der Waals surface area contributed by atoms with Gasteiger partial charge in [0.05, 0.1) is 38.8 Å². The van der Waals surface area contributed by atoms with Gasteiger partial charge in [0.15, 0.2) is 0 Å². The third kappa shape index (κ3) is 2.26. The average molecular weight is 311 g/mol. The second-order valence-corrected chi connectivity index (χ2v) is 5.08. The lowest BCUT2D eigenvalue weighted by Crippen LogP contribution is -1.98. The molecule has 0 unspecified atom stereocenters. The van der Waals surface area contributed by atoms with Gasteiger partial charge in [-0.3, -0.25) is 5.10 Å². The number of benzene rings is 2. The summed E-state index contributed by atoms with van der Waals surface area (Å²) in [7, 11) is 0. The number of nitrogen functional groups attached to an aromatic ring is 1. The number of fused-ring (bicyclic) bond motifs is 1. The molecule has 0 aliphatic heterocycles. The van der Waals surface area contributed by atoms with Crippen molar-refractivity contribution in [2.24, 2.45) is 0 Å². The lowest BCUT2D eigenvalue weighted by molar-refractivity contribution is 0.628. The van der Waals surface area contributed by atoms with Crippen molar-refractivity contribution in [2.45, 2.75) is 0 Å². The standard InChI is InChI=1S/C13H9Cl2FN4/c14-8-2-7(16)3-9(15)13(8)19-12-4-11-6(1-10(12)17)5-18-20-11/h1-5,19H,17H2,(H,18,20). The molecular weight excluding hydrogens is 302 g/mol. The number of hydrogen-bond acceptors (Lipinski definition) is 3. The van der Waals surface area contributed by atoms with E-state index in [0.717, 1.165) is 10.9 Å². The van der Waals surface area contributed by atoms with Crippen molar-refractivity contribution in [3.63, 3.8) is 0 Å². The van der Waals surface area contributed by atoms with Crippen LogP contribution in [0.5, 0.6) is 0 Å². The van der Waals surface area contributed by atoms with E-state index in [1.165, 1.54) is 12.1 Å². The Balaban J connectivity index is 2.07. The molecule has 3 rings (SSSR count). The highest BCUT2D eigenvalue weighted by atomic mass is 35.5. The summed E-state index contributed by atoms with van der Waals surface area (Å²) in [5.74, 6) is -0.498. The van der Waals surface area contributed by atoms with E-state index in [9.17, 15) is 4.39 Å². The maximum Gasteiger partial charge on any atom is 0.126 e. The van der Waals surface area contributed by atoms with Crippen LogP contribution in [0.2, 0.25) is 10.0 Å². The molecule has 0 saturated carbocycles. The van der Waals surface area contributed by atoms with Gasteiger partial charge in [0, 0.05) is 5.39 Å². The van der Waals surface area contributed by atoms with Crippen molar-refractivity contribution < 1.29 is 4.39 Å². The molecule has 102 valence electrons. The first-order valence-electron chi connectivity index (χ1n) is 5.69. The summed E-state index contributed by atoms with van der Waals surface area (Å²) in [4.78, 5) is 0. The molecule has 0 radical (unpaired) electrons. The van der Waals surface area contributed by atoms with E-state index < -0.39 is 5.82 Å². The summed E-state index contributed by atoms with van der Waals surface area (Å²) in [6.45, 7) is 0. The molecule has 0 atom stereocenters. The van der Waals surface area contributed by atoms with Crippen LogP contribution in [0, 0.1) is 5.82 Å². The van der Waals surface area contributed by atoms with Gasteiger partial charge >= 0.3 is 0 Å². The predicted octanol–water partition coefficient (Wildman–Crippen LogP) is 4.33. The van der Waals surface area contributed by atoms with Crippen LogP contribution in [-0.2, 0) is 0 Å². The quantitative estimate of drug-likeness (QED) is 0.617. The first-order chi connectivity index (χ1) is 9.54. The molecule has 7 heteroatoms. The van der Waals surface area contributed by atoms with Crippen molar-refractivity contribution in [1.82, 2.24) is 10.2 Å². The van der Waals surface area contributed by atoms with E-state index in [1.807, 2.05) is 0 Å². The highest BCUT2D eigenvalue weighted by Gasteiger charge is 2.11. The predicted molar refractivity (Wildman–Crippen MR) is 80.2 cm³/mol. The molecule has 0 fully saturated rings. The van der Waals surface area contributed by atoms with Crippen molar-refractivity contribution >= 4 is 51.2 Å². The highest BCUT2D eigenvalue weighted by molar-refractivity contribution is 6.39. The van der Waals surface area contributed by atoms with Crippen LogP contribution in [0.4, 0.5) is 21.5 Å². The topological polar surface area (TPSA) is 66.7 Å². The van der Waals surface area contributed by atoms with Crippen LogP contribution in [0.25, 0.3) is 10.9 Å². The second-order valence-electron chi connectivity index (χ2n) is 4.27. The minimum atomic E-state index is -0.498. The summed E-state index contributed by atoms with van der Waals surface area (Å²) in [5.41, 5.74) is 8.30. The molecule has 0 aliphatic carbocycles. The largest absolute Gasteiger partial charge is 0.397 e. The van der Waals surface area contributed by atoms with E-state index in [1.54, 1.807) is 18.3 Å². The maximum atomic E-state index is 13.2. The lowest BCUT2D eigenvalue weighted by atomic mass is 10.2. The van der Waals surface area contributed by atoms with Gasteiger partial charge < -0.3 is 11.1 Å². The van der Waals surface area contributed by atoms with Crippen LogP contribution in [0.15, 0.2) is 30.5 Å². The maximum absolute atomic E-state index is 13.2. The van der Waals surface area contributed by atoms with Gasteiger partial charge in [0.2, 0.25) is 0 Å². The molecule has 20 heavy (non-hydrogen) atoms. The third-order valence-corrected chi connectivity index (χ3v) is 3.47. The van der Waals surface area contributed by atoms with Crippen LogP contribution in [-0.4, -0.2) is 10.2 Å². The molecule has 0 aliphatic rings. The number of H-pyrrole nitrogens is 1. The van der Waals surface area contributed by atoms with Gasteiger partial charge in [-0.1, -0.05) is 23.2 Å². The molecule has 0 saturated heterocycles. The molecule has 4 N–H and O–H groups in total. The number of aromatic amines is 1. The number of nitrogens with zero attached hydrogens (tertiary/aromatic N) is 1. The van der Waals surface area contributed by atoms with Gasteiger partial charge in [0.25, 0.3) is 0 Å². The number of halogens is 3. The van der Waals surface area contributed by atoms with E-state index in [0.29, 0.717) is 17.1 Å². The zero-order valence-corrected chi connectivity index (χ0v) is 11.6. The number of aromatic nitrogens is 2. The Labute approximate surface area is 123 Å².